The van der Waals surface area contributed by atoms with Crippen molar-refractivity contribution in [3.05, 3.63) is 28.3 Å². The number of nitrogens with zero attached hydrogens (tertiary/aromatic N) is 1. The number of likely N-dealkylation sites (tertiary alicyclic amines) is 1. The fourth-order valence-electron chi connectivity index (χ4n) is 3.17. The van der Waals surface area contributed by atoms with Crippen LogP contribution in [0.4, 0.5) is 0 Å². The second kappa shape index (κ2) is 5.90. The standard InChI is InChI=1S/C15H20ClNO3/c1-10-2-3-17(14(10)7-18)6-11-4-13(16)5-12-8-19-9-20-15(11)12/h4-5,10,14,18H,2-3,6-9H2,1H3. The monoisotopic (exact) mass is 297 g/mol. The summed E-state index contributed by atoms with van der Waals surface area (Å²) in [5.74, 6) is 1.43. The molecular formula is C15H20ClNO3. The molecule has 2 aliphatic rings. The molecule has 0 aromatic heterocycles. The Bertz CT molecular complexity index is 494. The molecule has 0 radical (unpaired) electrons. The minimum absolute atomic E-state index is 0.202. The van der Waals surface area contributed by atoms with Gasteiger partial charge in [-0.25, -0.2) is 0 Å². The molecule has 0 saturated carbocycles. The molecule has 2 aliphatic heterocycles. The molecule has 110 valence electrons. The SMILES string of the molecule is CC1CCN(Cc2cc(Cl)cc3c2OCOC3)C1CO. The number of ether oxygens (including phenoxy) is 2. The molecule has 2 atom stereocenters. The fourth-order valence-corrected chi connectivity index (χ4v) is 3.44. The topological polar surface area (TPSA) is 41.9 Å². The van der Waals surface area contributed by atoms with Gasteiger partial charge >= 0.3 is 0 Å². The minimum Gasteiger partial charge on any atom is -0.467 e. The van der Waals surface area contributed by atoms with Crippen molar-refractivity contribution >= 4 is 11.6 Å². The van der Waals surface area contributed by atoms with Crippen molar-refractivity contribution in [2.45, 2.75) is 32.5 Å². The van der Waals surface area contributed by atoms with Gasteiger partial charge in [-0.1, -0.05) is 18.5 Å². The molecule has 0 bridgehead atoms. The second-order valence-corrected chi connectivity index (χ2v) is 6.09. The van der Waals surface area contributed by atoms with Gasteiger partial charge in [0.15, 0.2) is 6.79 Å². The van der Waals surface area contributed by atoms with Crippen LogP contribution < -0.4 is 4.74 Å². The predicted molar refractivity (Wildman–Crippen MR) is 76.8 cm³/mol. The molecule has 0 spiro atoms. The summed E-state index contributed by atoms with van der Waals surface area (Å²) in [7, 11) is 0. The third-order valence-electron chi connectivity index (χ3n) is 4.31. The van der Waals surface area contributed by atoms with E-state index in [4.69, 9.17) is 21.1 Å². The van der Waals surface area contributed by atoms with E-state index in [2.05, 4.69) is 11.8 Å². The number of hydrogen-bond donors (Lipinski definition) is 1. The summed E-state index contributed by atoms with van der Waals surface area (Å²) in [5.41, 5.74) is 2.09. The Morgan fingerprint density at radius 3 is 3.10 bits per heavy atom. The van der Waals surface area contributed by atoms with Gasteiger partial charge in [0.25, 0.3) is 0 Å². The Kier molecular flexibility index (Phi) is 4.17. The van der Waals surface area contributed by atoms with E-state index in [0.717, 1.165) is 36.4 Å². The lowest BCUT2D eigenvalue weighted by Crippen LogP contribution is -2.35. The number of benzene rings is 1. The molecular weight excluding hydrogens is 278 g/mol. The molecule has 1 aromatic carbocycles. The van der Waals surface area contributed by atoms with E-state index in [1.807, 2.05) is 12.1 Å². The van der Waals surface area contributed by atoms with Crippen LogP contribution in [-0.2, 0) is 17.9 Å². The molecule has 0 amide bonds. The maximum atomic E-state index is 9.56. The highest BCUT2D eigenvalue weighted by atomic mass is 35.5. The summed E-state index contributed by atoms with van der Waals surface area (Å²) in [6, 6.07) is 4.09. The van der Waals surface area contributed by atoms with E-state index in [-0.39, 0.29) is 12.6 Å². The van der Waals surface area contributed by atoms with Crippen LogP contribution in [0.5, 0.6) is 5.75 Å². The van der Waals surface area contributed by atoms with Crippen LogP contribution in [0.15, 0.2) is 12.1 Å². The highest BCUT2D eigenvalue weighted by Gasteiger charge is 2.31. The van der Waals surface area contributed by atoms with Crippen LogP contribution in [0.1, 0.15) is 24.5 Å². The fraction of sp³-hybridized carbons (Fsp3) is 0.600. The van der Waals surface area contributed by atoms with E-state index >= 15 is 0 Å². The van der Waals surface area contributed by atoms with Crippen molar-refractivity contribution in [1.29, 1.82) is 0 Å². The zero-order valence-electron chi connectivity index (χ0n) is 11.6. The molecule has 3 rings (SSSR count). The quantitative estimate of drug-likeness (QED) is 0.930. The summed E-state index contributed by atoms with van der Waals surface area (Å²) in [4.78, 5) is 2.31. The van der Waals surface area contributed by atoms with Gasteiger partial charge in [-0.2, -0.15) is 0 Å². The van der Waals surface area contributed by atoms with Gasteiger partial charge in [-0.3, -0.25) is 4.90 Å². The van der Waals surface area contributed by atoms with Crippen molar-refractivity contribution in [3.8, 4) is 5.75 Å². The van der Waals surface area contributed by atoms with Gasteiger partial charge in [-0.05, 0) is 31.0 Å². The summed E-state index contributed by atoms with van der Waals surface area (Å²) >= 11 is 6.19. The van der Waals surface area contributed by atoms with Crippen molar-refractivity contribution in [2.75, 3.05) is 19.9 Å². The zero-order valence-corrected chi connectivity index (χ0v) is 12.4. The van der Waals surface area contributed by atoms with Crippen LogP contribution in [0.25, 0.3) is 0 Å². The maximum absolute atomic E-state index is 9.56. The first kappa shape index (κ1) is 14.1. The van der Waals surface area contributed by atoms with Crippen molar-refractivity contribution in [3.63, 3.8) is 0 Å². The Morgan fingerprint density at radius 2 is 2.30 bits per heavy atom. The first-order chi connectivity index (χ1) is 9.69. The average Bonchev–Trinajstić information content (AvgIpc) is 2.79. The van der Waals surface area contributed by atoms with Crippen molar-refractivity contribution in [1.82, 2.24) is 4.90 Å². The Hall–Kier alpha value is -0.810. The number of halogens is 1. The summed E-state index contributed by atoms with van der Waals surface area (Å²) in [6.07, 6.45) is 1.12. The maximum Gasteiger partial charge on any atom is 0.189 e. The lowest BCUT2D eigenvalue weighted by Gasteiger charge is -2.27. The lowest BCUT2D eigenvalue weighted by molar-refractivity contribution is -0.0176. The van der Waals surface area contributed by atoms with Crippen molar-refractivity contribution in [2.24, 2.45) is 5.92 Å². The molecule has 1 aromatic rings. The van der Waals surface area contributed by atoms with Crippen LogP contribution in [0.3, 0.4) is 0 Å². The minimum atomic E-state index is 0.202. The van der Waals surface area contributed by atoms with Gasteiger partial charge in [0.2, 0.25) is 0 Å². The molecule has 4 nitrogen and oxygen atoms in total. The third kappa shape index (κ3) is 2.66. The predicted octanol–water partition coefficient (Wildman–Crippen LogP) is 2.41. The molecule has 5 heteroatoms. The summed E-state index contributed by atoms with van der Waals surface area (Å²) in [6.45, 7) is 5.00. The highest BCUT2D eigenvalue weighted by Crippen LogP contribution is 2.34. The number of aliphatic hydroxyl groups is 1. The van der Waals surface area contributed by atoms with E-state index < -0.39 is 0 Å². The Morgan fingerprint density at radius 1 is 1.45 bits per heavy atom. The van der Waals surface area contributed by atoms with Crippen molar-refractivity contribution < 1.29 is 14.6 Å². The third-order valence-corrected chi connectivity index (χ3v) is 4.53. The first-order valence-corrected chi connectivity index (χ1v) is 7.43. The first-order valence-electron chi connectivity index (χ1n) is 7.06. The van der Waals surface area contributed by atoms with E-state index in [1.54, 1.807) is 0 Å². The van der Waals surface area contributed by atoms with E-state index in [0.29, 0.717) is 24.3 Å². The second-order valence-electron chi connectivity index (χ2n) is 5.65. The van der Waals surface area contributed by atoms with Gasteiger partial charge in [-0.15, -0.1) is 0 Å². The van der Waals surface area contributed by atoms with E-state index in [1.165, 1.54) is 0 Å². The summed E-state index contributed by atoms with van der Waals surface area (Å²) in [5, 5.41) is 10.3. The molecule has 0 aliphatic carbocycles. The molecule has 2 unspecified atom stereocenters. The number of aliphatic hydroxyl groups excluding tert-OH is 1. The van der Waals surface area contributed by atoms with Gasteiger partial charge < -0.3 is 14.6 Å². The molecule has 1 saturated heterocycles. The van der Waals surface area contributed by atoms with Crippen LogP contribution >= 0.6 is 11.6 Å². The van der Waals surface area contributed by atoms with Gasteiger partial charge in [0, 0.05) is 28.7 Å². The molecule has 2 heterocycles. The largest absolute Gasteiger partial charge is 0.467 e. The van der Waals surface area contributed by atoms with Crippen LogP contribution in [0.2, 0.25) is 5.02 Å². The highest BCUT2D eigenvalue weighted by molar-refractivity contribution is 6.30. The summed E-state index contributed by atoms with van der Waals surface area (Å²) < 4.78 is 10.9. The zero-order chi connectivity index (χ0) is 14.1. The van der Waals surface area contributed by atoms with E-state index in [9.17, 15) is 5.11 Å². The number of fused-ring (bicyclic) bond motifs is 1. The van der Waals surface area contributed by atoms with Crippen LogP contribution in [0, 0.1) is 5.92 Å². The average molecular weight is 298 g/mol. The molecule has 1 fully saturated rings. The molecule has 1 N–H and O–H groups in total. The Balaban J connectivity index is 1.85. The number of rotatable bonds is 3. The van der Waals surface area contributed by atoms with Gasteiger partial charge in [0.05, 0.1) is 13.2 Å². The van der Waals surface area contributed by atoms with Crippen LogP contribution in [-0.4, -0.2) is 36.0 Å². The molecule has 20 heavy (non-hydrogen) atoms. The van der Waals surface area contributed by atoms with Gasteiger partial charge in [0.1, 0.15) is 5.75 Å². The Labute approximate surface area is 124 Å². The number of hydrogen-bond acceptors (Lipinski definition) is 4. The smallest absolute Gasteiger partial charge is 0.189 e. The normalized spacial score (nSPS) is 26.4. The lowest BCUT2D eigenvalue weighted by atomic mass is 10.0.